The number of unbranched alkanes of at least 4 members (excludes halogenated alkanes) is 1. The highest BCUT2D eigenvalue weighted by molar-refractivity contribution is 5.85. The van der Waals surface area contributed by atoms with Gasteiger partial charge in [-0.05, 0) is 49.7 Å². The van der Waals surface area contributed by atoms with E-state index in [9.17, 15) is 44.1 Å². The number of rotatable bonds is 20. The zero-order chi connectivity index (χ0) is 42.7. The predicted octanol–water partition coefficient (Wildman–Crippen LogP) is 2.08. The van der Waals surface area contributed by atoms with Crippen LogP contribution in [0, 0.1) is 12.8 Å². The van der Waals surface area contributed by atoms with Crippen LogP contribution in [-0.2, 0) is 28.8 Å². The van der Waals surface area contributed by atoms with E-state index >= 15 is 0 Å². The molecule has 0 spiro atoms. The van der Waals surface area contributed by atoms with Gasteiger partial charge in [0.2, 0.25) is 17.7 Å². The van der Waals surface area contributed by atoms with Crippen LogP contribution in [-0.4, -0.2) is 169 Å². The molecule has 3 rings (SSSR count). The standard InChI is InChI=1S/C29H53N7O9.C13H12/c1-23(2)6-5-9-30-24(37)7-3-4-8-31-25(38)18-32-26(39)19-33-10-12-34(20-27(40)41)14-16-36(22-29(44)45)17-15-35(13-11-33)21-28(42)43;1-11-7-9-13(10-8-11)12-5-3-2-4-6-12/h23H,3-22H2,1-2H3,(H,30,37)(H,31,38)(H,32,39)(H,40,41)(H,42,43)(H,44,45);2-10H,1H3. The van der Waals surface area contributed by atoms with E-state index in [0.717, 1.165) is 12.8 Å². The third kappa shape index (κ3) is 24.0. The van der Waals surface area contributed by atoms with Crippen LogP contribution in [0.5, 0.6) is 0 Å². The lowest BCUT2D eigenvalue weighted by Gasteiger charge is -2.32. The van der Waals surface area contributed by atoms with Crippen molar-refractivity contribution in [1.82, 2.24) is 35.6 Å². The number of carboxylic acid groups (broad SMARTS) is 3. The summed E-state index contributed by atoms with van der Waals surface area (Å²) in [4.78, 5) is 77.7. The highest BCUT2D eigenvalue weighted by Crippen LogP contribution is 2.18. The lowest BCUT2D eigenvalue weighted by molar-refractivity contribution is -0.140. The topological polar surface area (TPSA) is 212 Å². The number of benzene rings is 2. The Hall–Kier alpha value is -4.90. The monoisotopic (exact) mass is 811 g/mol. The molecule has 58 heavy (non-hydrogen) atoms. The maximum Gasteiger partial charge on any atom is 0.317 e. The predicted molar refractivity (Wildman–Crippen MR) is 222 cm³/mol. The summed E-state index contributed by atoms with van der Waals surface area (Å²) >= 11 is 0. The maximum atomic E-state index is 12.7. The van der Waals surface area contributed by atoms with Gasteiger partial charge in [-0.2, -0.15) is 0 Å². The summed E-state index contributed by atoms with van der Waals surface area (Å²) in [6, 6.07) is 19.0. The van der Waals surface area contributed by atoms with Crippen LogP contribution in [0.3, 0.4) is 0 Å². The minimum absolute atomic E-state index is 0.00335. The minimum Gasteiger partial charge on any atom is -0.480 e. The van der Waals surface area contributed by atoms with Crippen molar-refractivity contribution in [3.05, 3.63) is 60.2 Å². The number of carbonyl (C=O) groups excluding carboxylic acids is 3. The molecule has 0 bridgehead atoms. The second-order valence-electron chi connectivity index (χ2n) is 15.0. The van der Waals surface area contributed by atoms with E-state index in [1.54, 1.807) is 19.6 Å². The average molecular weight is 812 g/mol. The zero-order valence-electron chi connectivity index (χ0n) is 34.5. The molecule has 0 atom stereocenters. The molecule has 2 aromatic rings. The van der Waals surface area contributed by atoms with Crippen LogP contribution >= 0.6 is 0 Å². The molecule has 0 radical (unpaired) electrons. The van der Waals surface area contributed by atoms with E-state index in [1.807, 2.05) is 6.07 Å². The number of hydrogen-bond acceptors (Lipinski definition) is 10. The third-order valence-electron chi connectivity index (χ3n) is 9.41. The molecule has 0 aromatic heterocycles. The Labute approximate surface area is 342 Å². The summed E-state index contributed by atoms with van der Waals surface area (Å²) in [5.74, 6) is -3.27. The zero-order valence-corrected chi connectivity index (χ0v) is 34.5. The van der Waals surface area contributed by atoms with E-state index in [-0.39, 0.29) is 83.8 Å². The molecule has 1 aliphatic heterocycles. The summed E-state index contributed by atoms with van der Waals surface area (Å²) in [6.07, 6.45) is 3.66. The van der Waals surface area contributed by atoms with Crippen LogP contribution in [0.1, 0.15) is 51.5 Å². The van der Waals surface area contributed by atoms with Gasteiger partial charge in [0.15, 0.2) is 0 Å². The molecule has 0 aliphatic carbocycles. The molecule has 1 fully saturated rings. The van der Waals surface area contributed by atoms with Crippen molar-refractivity contribution in [2.24, 2.45) is 5.92 Å². The molecule has 16 nitrogen and oxygen atoms in total. The van der Waals surface area contributed by atoms with Gasteiger partial charge in [0.25, 0.3) is 0 Å². The first-order valence-corrected chi connectivity index (χ1v) is 20.2. The van der Waals surface area contributed by atoms with Gasteiger partial charge in [-0.1, -0.05) is 74.0 Å². The molecule has 1 aliphatic rings. The van der Waals surface area contributed by atoms with E-state index in [0.29, 0.717) is 51.4 Å². The summed E-state index contributed by atoms with van der Waals surface area (Å²) in [6.45, 7) is 8.67. The molecule has 1 saturated heterocycles. The second-order valence-corrected chi connectivity index (χ2v) is 15.0. The van der Waals surface area contributed by atoms with Crippen molar-refractivity contribution in [1.29, 1.82) is 0 Å². The fraction of sp³-hybridized carbons (Fsp3) is 0.571. The third-order valence-corrected chi connectivity index (χ3v) is 9.41. The molecule has 1 heterocycles. The Morgan fingerprint density at radius 1 is 0.534 bits per heavy atom. The smallest absolute Gasteiger partial charge is 0.317 e. The summed E-state index contributed by atoms with van der Waals surface area (Å²) in [5, 5.41) is 36.2. The Morgan fingerprint density at radius 3 is 1.43 bits per heavy atom. The molecule has 16 heteroatoms. The van der Waals surface area contributed by atoms with Crippen molar-refractivity contribution >= 4 is 35.6 Å². The maximum absolute atomic E-state index is 12.7. The van der Waals surface area contributed by atoms with Gasteiger partial charge in [-0.15, -0.1) is 0 Å². The molecule has 322 valence electrons. The molecule has 2 aromatic carbocycles. The number of hydrogen-bond donors (Lipinski definition) is 6. The fourth-order valence-electron chi connectivity index (χ4n) is 6.13. The van der Waals surface area contributed by atoms with Crippen molar-refractivity contribution in [3.8, 4) is 11.1 Å². The Morgan fingerprint density at radius 2 is 0.966 bits per heavy atom. The lowest BCUT2D eigenvalue weighted by atomic mass is 10.0. The first-order valence-electron chi connectivity index (χ1n) is 20.2. The van der Waals surface area contributed by atoms with Crippen molar-refractivity contribution in [2.45, 2.75) is 52.9 Å². The number of carboxylic acids is 3. The quantitative estimate of drug-likeness (QED) is 0.106. The molecular formula is C42H65N7O9. The Balaban J connectivity index is 0.000000742. The minimum atomic E-state index is -1.03. The highest BCUT2D eigenvalue weighted by Gasteiger charge is 2.21. The van der Waals surface area contributed by atoms with E-state index in [4.69, 9.17) is 0 Å². The fourth-order valence-corrected chi connectivity index (χ4v) is 6.13. The van der Waals surface area contributed by atoms with Gasteiger partial charge in [-0.3, -0.25) is 48.4 Å². The first kappa shape index (κ1) is 49.2. The van der Waals surface area contributed by atoms with Crippen LogP contribution in [0.4, 0.5) is 0 Å². The van der Waals surface area contributed by atoms with Crippen LogP contribution in [0.2, 0.25) is 0 Å². The summed E-state index contributed by atoms with van der Waals surface area (Å²) in [5.41, 5.74) is 3.87. The summed E-state index contributed by atoms with van der Waals surface area (Å²) in [7, 11) is 0. The molecular weight excluding hydrogens is 747 g/mol. The largest absolute Gasteiger partial charge is 0.480 e. The number of nitrogens with one attached hydrogen (secondary N) is 3. The second kappa shape index (κ2) is 28.5. The van der Waals surface area contributed by atoms with Gasteiger partial charge in [0.1, 0.15) is 0 Å². The number of aliphatic carboxylic acids is 3. The van der Waals surface area contributed by atoms with Gasteiger partial charge in [0, 0.05) is 71.9 Å². The van der Waals surface area contributed by atoms with Crippen LogP contribution in [0.25, 0.3) is 11.1 Å². The number of carbonyl (C=O) groups is 6. The van der Waals surface area contributed by atoms with Gasteiger partial charge >= 0.3 is 17.9 Å². The Bertz CT molecular complexity index is 1510. The molecule has 0 unspecified atom stereocenters. The van der Waals surface area contributed by atoms with Crippen molar-refractivity contribution < 1.29 is 44.1 Å². The van der Waals surface area contributed by atoms with Gasteiger partial charge in [-0.25, -0.2) is 0 Å². The first-order chi connectivity index (χ1) is 27.7. The van der Waals surface area contributed by atoms with Gasteiger partial charge < -0.3 is 31.3 Å². The molecule has 0 saturated carbocycles. The highest BCUT2D eigenvalue weighted by atomic mass is 16.4. The number of nitrogens with zero attached hydrogens (tertiary/aromatic N) is 4. The normalized spacial score (nSPS) is 14.9. The van der Waals surface area contributed by atoms with Crippen molar-refractivity contribution in [3.63, 3.8) is 0 Å². The van der Waals surface area contributed by atoms with E-state index < -0.39 is 23.8 Å². The van der Waals surface area contributed by atoms with Crippen molar-refractivity contribution in [2.75, 3.05) is 98.2 Å². The molecule has 6 N–H and O–H groups in total. The SMILES string of the molecule is CC(C)CCCNC(=O)CCCCNC(=O)CNC(=O)CN1CCN(CC(=O)O)CCN(CC(=O)O)CCN(CC(=O)O)CC1.Cc1ccc(-c2ccccc2)cc1. The van der Waals surface area contributed by atoms with Crippen LogP contribution < -0.4 is 16.0 Å². The number of aryl methyl sites for hydroxylation is 1. The van der Waals surface area contributed by atoms with E-state index in [2.05, 4.69) is 85.3 Å². The molecule has 3 amide bonds. The van der Waals surface area contributed by atoms with Gasteiger partial charge in [0.05, 0.1) is 32.7 Å². The van der Waals surface area contributed by atoms with Crippen LogP contribution in [0.15, 0.2) is 54.6 Å². The average Bonchev–Trinajstić information content (AvgIpc) is 3.17. The Kier molecular flexibility index (Phi) is 24.2. The van der Waals surface area contributed by atoms with E-state index in [1.165, 1.54) is 16.7 Å². The summed E-state index contributed by atoms with van der Waals surface area (Å²) < 4.78 is 0. The lowest BCUT2D eigenvalue weighted by Crippen LogP contribution is -2.50. The number of amides is 3.